The highest BCUT2D eigenvalue weighted by Gasteiger charge is 2.14. The van der Waals surface area contributed by atoms with Crippen LogP contribution >= 0.6 is 11.6 Å². The van der Waals surface area contributed by atoms with Gasteiger partial charge in [0.15, 0.2) is 0 Å². The van der Waals surface area contributed by atoms with E-state index in [1.807, 2.05) is 7.05 Å². The minimum atomic E-state index is -0.706. The summed E-state index contributed by atoms with van der Waals surface area (Å²) in [5.74, 6) is 0.623. The number of aryl methyl sites for hydroxylation is 1. The average molecular weight is 223 g/mol. The fraction of sp³-hybridized carbons (Fsp3) is 0.182. The second-order valence-electron chi connectivity index (χ2n) is 3.35. The third-order valence-corrected chi connectivity index (χ3v) is 2.54. The lowest BCUT2D eigenvalue weighted by molar-refractivity contribution is 0.206. The van der Waals surface area contributed by atoms with E-state index in [-0.39, 0.29) is 0 Å². The summed E-state index contributed by atoms with van der Waals surface area (Å²) >= 11 is 5.77. The van der Waals surface area contributed by atoms with E-state index in [0.29, 0.717) is 10.8 Å². The maximum absolute atomic E-state index is 10.0. The Balaban J connectivity index is 2.32. The first-order valence-electron chi connectivity index (χ1n) is 4.59. The molecule has 78 valence electrons. The second-order valence-corrected chi connectivity index (χ2v) is 3.79. The van der Waals surface area contributed by atoms with Gasteiger partial charge in [-0.25, -0.2) is 4.98 Å². The first-order valence-corrected chi connectivity index (χ1v) is 4.97. The first-order chi connectivity index (χ1) is 7.18. The number of aromatic nitrogens is 2. The Morgan fingerprint density at radius 3 is 2.53 bits per heavy atom. The van der Waals surface area contributed by atoms with E-state index in [4.69, 9.17) is 11.6 Å². The van der Waals surface area contributed by atoms with Gasteiger partial charge in [0, 0.05) is 24.5 Å². The van der Waals surface area contributed by atoms with Gasteiger partial charge in [0.1, 0.15) is 11.9 Å². The Morgan fingerprint density at radius 2 is 2.00 bits per heavy atom. The SMILES string of the molecule is Cn1ccnc1[C@H](O)c1ccc(Cl)cc1. The fourth-order valence-electron chi connectivity index (χ4n) is 1.43. The van der Waals surface area contributed by atoms with E-state index in [1.54, 1.807) is 41.2 Å². The summed E-state index contributed by atoms with van der Waals surface area (Å²) in [6.45, 7) is 0. The Kier molecular flexibility index (Phi) is 2.75. The van der Waals surface area contributed by atoms with Crippen LogP contribution < -0.4 is 0 Å². The smallest absolute Gasteiger partial charge is 0.142 e. The second kappa shape index (κ2) is 4.04. The molecule has 1 aromatic carbocycles. The number of aliphatic hydroxyl groups excluding tert-OH is 1. The van der Waals surface area contributed by atoms with Crippen molar-refractivity contribution in [1.29, 1.82) is 0 Å². The largest absolute Gasteiger partial charge is 0.380 e. The molecule has 4 heteroatoms. The van der Waals surface area contributed by atoms with Crippen LogP contribution in [0, 0.1) is 0 Å². The Morgan fingerprint density at radius 1 is 1.33 bits per heavy atom. The van der Waals surface area contributed by atoms with E-state index in [2.05, 4.69) is 4.98 Å². The van der Waals surface area contributed by atoms with Gasteiger partial charge in [-0.1, -0.05) is 23.7 Å². The van der Waals surface area contributed by atoms with Crippen LogP contribution in [0.4, 0.5) is 0 Å². The predicted molar refractivity (Wildman–Crippen MR) is 58.7 cm³/mol. The molecule has 2 aromatic rings. The van der Waals surface area contributed by atoms with Gasteiger partial charge in [0.25, 0.3) is 0 Å². The third-order valence-electron chi connectivity index (χ3n) is 2.29. The molecule has 15 heavy (non-hydrogen) atoms. The number of aliphatic hydroxyl groups is 1. The molecule has 2 rings (SSSR count). The Labute approximate surface area is 93.0 Å². The van der Waals surface area contributed by atoms with Gasteiger partial charge in [-0.05, 0) is 17.7 Å². The van der Waals surface area contributed by atoms with E-state index in [0.717, 1.165) is 5.56 Å². The van der Waals surface area contributed by atoms with Crippen LogP contribution in [0.5, 0.6) is 0 Å². The van der Waals surface area contributed by atoms with Gasteiger partial charge >= 0.3 is 0 Å². The molecule has 0 saturated heterocycles. The van der Waals surface area contributed by atoms with Crippen molar-refractivity contribution in [2.45, 2.75) is 6.10 Å². The number of benzene rings is 1. The molecule has 3 nitrogen and oxygen atoms in total. The van der Waals surface area contributed by atoms with E-state index < -0.39 is 6.10 Å². The molecule has 0 unspecified atom stereocenters. The van der Waals surface area contributed by atoms with Gasteiger partial charge in [-0.15, -0.1) is 0 Å². The summed E-state index contributed by atoms with van der Waals surface area (Å²) in [4.78, 5) is 4.09. The fourth-order valence-corrected chi connectivity index (χ4v) is 1.56. The van der Waals surface area contributed by atoms with E-state index in [9.17, 15) is 5.11 Å². The summed E-state index contributed by atoms with van der Waals surface area (Å²) in [6, 6.07) is 7.09. The van der Waals surface area contributed by atoms with Crippen LogP contribution in [0.2, 0.25) is 5.02 Å². The molecule has 0 aliphatic heterocycles. The van der Waals surface area contributed by atoms with Gasteiger partial charge in [-0.2, -0.15) is 0 Å². The number of hydrogen-bond acceptors (Lipinski definition) is 2. The monoisotopic (exact) mass is 222 g/mol. The molecule has 0 aliphatic rings. The molecule has 1 N–H and O–H groups in total. The predicted octanol–water partition coefficient (Wildman–Crippen LogP) is 2.16. The quantitative estimate of drug-likeness (QED) is 0.846. The molecule has 1 heterocycles. The Bertz CT molecular complexity index is 450. The zero-order valence-electron chi connectivity index (χ0n) is 8.26. The lowest BCUT2D eigenvalue weighted by atomic mass is 10.1. The molecule has 0 aliphatic carbocycles. The zero-order valence-corrected chi connectivity index (χ0v) is 9.02. The van der Waals surface area contributed by atoms with Crippen molar-refractivity contribution in [1.82, 2.24) is 9.55 Å². The highest BCUT2D eigenvalue weighted by Crippen LogP contribution is 2.21. The molecule has 0 amide bonds. The van der Waals surface area contributed by atoms with Crippen molar-refractivity contribution >= 4 is 11.6 Å². The summed E-state index contributed by atoms with van der Waals surface area (Å²) in [5, 5.41) is 10.7. The van der Waals surface area contributed by atoms with Crippen LogP contribution in [0.3, 0.4) is 0 Å². The summed E-state index contributed by atoms with van der Waals surface area (Å²) in [7, 11) is 1.85. The summed E-state index contributed by atoms with van der Waals surface area (Å²) < 4.78 is 1.79. The van der Waals surface area contributed by atoms with Gasteiger partial charge < -0.3 is 9.67 Å². The number of imidazole rings is 1. The maximum Gasteiger partial charge on any atom is 0.142 e. The molecule has 0 saturated carbocycles. The minimum Gasteiger partial charge on any atom is -0.380 e. The van der Waals surface area contributed by atoms with Crippen LogP contribution in [-0.2, 0) is 7.05 Å². The van der Waals surface area contributed by atoms with Crippen molar-refractivity contribution < 1.29 is 5.11 Å². The van der Waals surface area contributed by atoms with Gasteiger partial charge in [0.05, 0.1) is 0 Å². The highest BCUT2D eigenvalue weighted by molar-refractivity contribution is 6.30. The third kappa shape index (κ3) is 2.03. The van der Waals surface area contributed by atoms with Crippen LogP contribution in [0.1, 0.15) is 17.5 Å². The zero-order chi connectivity index (χ0) is 10.8. The van der Waals surface area contributed by atoms with Gasteiger partial charge in [-0.3, -0.25) is 0 Å². The van der Waals surface area contributed by atoms with Crippen LogP contribution in [0.15, 0.2) is 36.7 Å². The molecular formula is C11H11ClN2O. The first kappa shape index (κ1) is 10.2. The van der Waals surface area contributed by atoms with Crippen molar-refractivity contribution in [3.05, 3.63) is 53.1 Å². The molecule has 0 radical (unpaired) electrons. The normalized spacial score (nSPS) is 12.7. The lowest BCUT2D eigenvalue weighted by Gasteiger charge is -2.10. The molecular weight excluding hydrogens is 212 g/mol. The van der Waals surface area contributed by atoms with Gasteiger partial charge in [0.2, 0.25) is 0 Å². The lowest BCUT2D eigenvalue weighted by Crippen LogP contribution is -2.06. The van der Waals surface area contributed by atoms with Crippen LogP contribution in [-0.4, -0.2) is 14.7 Å². The summed E-state index contributed by atoms with van der Waals surface area (Å²) in [5.41, 5.74) is 0.786. The number of hydrogen-bond donors (Lipinski definition) is 1. The topological polar surface area (TPSA) is 38.0 Å². The number of rotatable bonds is 2. The number of nitrogens with zero attached hydrogens (tertiary/aromatic N) is 2. The van der Waals surface area contributed by atoms with Crippen molar-refractivity contribution in [2.75, 3.05) is 0 Å². The maximum atomic E-state index is 10.0. The average Bonchev–Trinajstić information content (AvgIpc) is 2.65. The molecule has 0 spiro atoms. The standard InChI is InChI=1S/C11H11ClN2O/c1-14-7-6-13-11(14)10(15)8-2-4-9(12)5-3-8/h2-7,10,15H,1H3/t10-/m1/s1. The van der Waals surface area contributed by atoms with Crippen molar-refractivity contribution in [3.63, 3.8) is 0 Å². The number of halogens is 1. The van der Waals surface area contributed by atoms with Crippen molar-refractivity contribution in [3.8, 4) is 0 Å². The van der Waals surface area contributed by atoms with Crippen molar-refractivity contribution in [2.24, 2.45) is 7.05 Å². The van der Waals surface area contributed by atoms with Crippen LogP contribution in [0.25, 0.3) is 0 Å². The highest BCUT2D eigenvalue weighted by atomic mass is 35.5. The summed E-state index contributed by atoms with van der Waals surface area (Å²) in [6.07, 6.45) is 2.76. The molecule has 1 atom stereocenters. The molecule has 0 fully saturated rings. The van der Waals surface area contributed by atoms with E-state index >= 15 is 0 Å². The minimum absolute atomic E-state index is 0.623. The van der Waals surface area contributed by atoms with E-state index in [1.165, 1.54) is 0 Å². The molecule has 1 aromatic heterocycles. The molecule has 0 bridgehead atoms. The Hall–Kier alpha value is -1.32.